The maximum atomic E-state index is 12.7. The van der Waals surface area contributed by atoms with Gasteiger partial charge in [0.15, 0.2) is 0 Å². The Balaban J connectivity index is 1.46. The predicted molar refractivity (Wildman–Crippen MR) is 75.5 cm³/mol. The van der Waals surface area contributed by atoms with Crippen LogP contribution in [-0.2, 0) is 4.79 Å². The van der Waals surface area contributed by atoms with Crippen molar-refractivity contribution in [1.82, 2.24) is 4.90 Å². The Kier molecular flexibility index (Phi) is 2.93. The molecule has 0 aromatic carbocycles. The number of amides is 1. The minimum Gasteiger partial charge on any atom is -0.342 e. The van der Waals surface area contributed by atoms with Gasteiger partial charge in [-0.3, -0.25) is 4.79 Å². The van der Waals surface area contributed by atoms with E-state index in [-0.39, 0.29) is 0 Å². The number of nitrogens with zero attached hydrogens (tertiary/aromatic N) is 1. The molecule has 2 nitrogen and oxygen atoms in total. The fourth-order valence-corrected chi connectivity index (χ4v) is 5.12. The third-order valence-corrected chi connectivity index (χ3v) is 6.22. The van der Waals surface area contributed by atoms with Gasteiger partial charge in [0.2, 0.25) is 5.91 Å². The fraction of sp³-hybridized carbons (Fsp3) is 0.824. The average Bonchev–Trinajstić information content (AvgIpc) is 2.96. The van der Waals surface area contributed by atoms with Crippen molar-refractivity contribution in [2.24, 2.45) is 29.6 Å². The predicted octanol–water partition coefficient (Wildman–Crippen LogP) is 3.24. The highest BCUT2D eigenvalue weighted by Gasteiger charge is 2.47. The van der Waals surface area contributed by atoms with Gasteiger partial charge in [0.25, 0.3) is 0 Å². The van der Waals surface area contributed by atoms with Crippen LogP contribution in [-0.4, -0.2) is 23.9 Å². The Morgan fingerprint density at radius 2 is 1.42 bits per heavy atom. The summed E-state index contributed by atoms with van der Waals surface area (Å²) in [4.78, 5) is 14.9. The molecule has 4 atom stereocenters. The molecule has 0 spiro atoms. The number of rotatable bonds is 1. The summed E-state index contributed by atoms with van der Waals surface area (Å²) in [6.07, 6.45) is 13.8. The summed E-state index contributed by atoms with van der Waals surface area (Å²) in [5.74, 6) is 3.99. The molecule has 4 unspecified atom stereocenters. The summed E-state index contributed by atoms with van der Waals surface area (Å²) in [6.45, 7) is 2.12. The van der Waals surface area contributed by atoms with Gasteiger partial charge in [-0.25, -0.2) is 0 Å². The largest absolute Gasteiger partial charge is 0.342 e. The number of likely N-dealkylation sites (tertiary alicyclic amines) is 1. The van der Waals surface area contributed by atoms with Gasteiger partial charge in [-0.2, -0.15) is 0 Å². The summed E-state index contributed by atoms with van der Waals surface area (Å²) in [6, 6.07) is 0. The normalized spacial score (nSPS) is 41.6. The summed E-state index contributed by atoms with van der Waals surface area (Å²) >= 11 is 0. The van der Waals surface area contributed by atoms with Crippen LogP contribution in [0.15, 0.2) is 12.2 Å². The molecule has 1 heterocycles. The van der Waals surface area contributed by atoms with Gasteiger partial charge in [0.05, 0.1) is 0 Å². The summed E-state index contributed by atoms with van der Waals surface area (Å²) in [7, 11) is 0. The molecule has 1 saturated heterocycles. The lowest BCUT2D eigenvalue weighted by atomic mass is 9.64. The summed E-state index contributed by atoms with van der Waals surface area (Å²) in [5.41, 5.74) is 0. The lowest BCUT2D eigenvalue weighted by Crippen LogP contribution is -2.35. The Morgan fingerprint density at radius 3 is 1.95 bits per heavy atom. The molecular weight excluding hydrogens is 234 g/mol. The molecule has 0 aromatic rings. The van der Waals surface area contributed by atoms with E-state index in [4.69, 9.17) is 0 Å². The van der Waals surface area contributed by atoms with Crippen LogP contribution in [0.2, 0.25) is 0 Å². The SMILES string of the molecule is O=C(C1CCCCC1)N1CC2C3C=CC(CC3)C2C1. The lowest BCUT2D eigenvalue weighted by Gasteiger charge is -2.40. The Morgan fingerprint density at radius 1 is 0.842 bits per heavy atom. The van der Waals surface area contributed by atoms with Crippen LogP contribution in [0.1, 0.15) is 44.9 Å². The van der Waals surface area contributed by atoms with E-state index in [1.807, 2.05) is 0 Å². The third kappa shape index (κ3) is 1.95. The first-order valence-electron chi connectivity index (χ1n) is 8.30. The molecule has 5 aliphatic rings. The van der Waals surface area contributed by atoms with E-state index in [0.717, 1.165) is 49.6 Å². The van der Waals surface area contributed by atoms with Crippen molar-refractivity contribution in [2.45, 2.75) is 44.9 Å². The van der Waals surface area contributed by atoms with Crippen LogP contribution in [0.3, 0.4) is 0 Å². The molecule has 1 amide bonds. The minimum absolute atomic E-state index is 0.361. The van der Waals surface area contributed by atoms with Gasteiger partial charge in [0, 0.05) is 19.0 Å². The Hall–Kier alpha value is -0.790. The molecule has 5 rings (SSSR count). The average molecular weight is 259 g/mol. The first-order valence-corrected chi connectivity index (χ1v) is 8.30. The maximum Gasteiger partial charge on any atom is 0.225 e. The van der Waals surface area contributed by atoms with E-state index in [1.54, 1.807) is 0 Å². The van der Waals surface area contributed by atoms with Crippen molar-refractivity contribution in [2.75, 3.05) is 13.1 Å². The third-order valence-electron chi connectivity index (χ3n) is 6.22. The molecule has 2 bridgehead atoms. The Bertz CT molecular complexity index is 374. The van der Waals surface area contributed by atoms with E-state index in [1.165, 1.54) is 32.1 Å². The fourth-order valence-electron chi connectivity index (χ4n) is 5.12. The molecule has 104 valence electrons. The van der Waals surface area contributed by atoms with Crippen molar-refractivity contribution in [3.63, 3.8) is 0 Å². The topological polar surface area (TPSA) is 20.3 Å². The van der Waals surface area contributed by atoms with Gasteiger partial charge < -0.3 is 4.90 Å². The van der Waals surface area contributed by atoms with Crippen molar-refractivity contribution in [1.29, 1.82) is 0 Å². The second kappa shape index (κ2) is 4.64. The number of carbonyl (C=O) groups is 1. The van der Waals surface area contributed by atoms with Crippen LogP contribution in [0.5, 0.6) is 0 Å². The molecule has 0 N–H and O–H groups in total. The van der Waals surface area contributed by atoms with E-state index < -0.39 is 0 Å². The second-order valence-corrected chi connectivity index (χ2v) is 7.20. The molecule has 0 aromatic heterocycles. The van der Waals surface area contributed by atoms with Gasteiger partial charge in [0.1, 0.15) is 0 Å². The lowest BCUT2D eigenvalue weighted by molar-refractivity contribution is -0.135. The molecular formula is C17H25NO. The number of fused-ring (bicyclic) bond motifs is 1. The highest BCUT2D eigenvalue weighted by atomic mass is 16.2. The van der Waals surface area contributed by atoms with Gasteiger partial charge in [-0.15, -0.1) is 0 Å². The van der Waals surface area contributed by atoms with Crippen molar-refractivity contribution in [3.8, 4) is 0 Å². The van der Waals surface area contributed by atoms with Gasteiger partial charge in [-0.05, 0) is 49.4 Å². The molecule has 19 heavy (non-hydrogen) atoms. The second-order valence-electron chi connectivity index (χ2n) is 7.20. The van der Waals surface area contributed by atoms with Crippen LogP contribution in [0.25, 0.3) is 0 Å². The zero-order valence-electron chi connectivity index (χ0n) is 11.8. The molecule has 1 aliphatic heterocycles. The van der Waals surface area contributed by atoms with Crippen molar-refractivity contribution >= 4 is 5.91 Å². The summed E-state index contributed by atoms with van der Waals surface area (Å²) < 4.78 is 0. The number of carbonyl (C=O) groups excluding carboxylic acids is 1. The van der Waals surface area contributed by atoms with Crippen LogP contribution in [0.4, 0.5) is 0 Å². The van der Waals surface area contributed by atoms with Crippen LogP contribution in [0, 0.1) is 29.6 Å². The summed E-state index contributed by atoms with van der Waals surface area (Å²) in [5, 5.41) is 0. The monoisotopic (exact) mass is 259 g/mol. The zero-order chi connectivity index (χ0) is 12.8. The molecule has 3 fully saturated rings. The highest BCUT2D eigenvalue weighted by Crippen LogP contribution is 2.48. The Labute approximate surface area is 116 Å². The van der Waals surface area contributed by atoms with Crippen LogP contribution < -0.4 is 0 Å². The molecule has 4 aliphatic carbocycles. The maximum absolute atomic E-state index is 12.7. The molecule has 2 saturated carbocycles. The molecule has 0 radical (unpaired) electrons. The van der Waals surface area contributed by atoms with Gasteiger partial charge in [-0.1, -0.05) is 31.4 Å². The van der Waals surface area contributed by atoms with E-state index in [9.17, 15) is 4.79 Å². The number of hydrogen-bond acceptors (Lipinski definition) is 1. The number of allylic oxidation sites excluding steroid dienone is 2. The highest BCUT2D eigenvalue weighted by molar-refractivity contribution is 5.79. The van der Waals surface area contributed by atoms with Crippen LogP contribution >= 0.6 is 0 Å². The van der Waals surface area contributed by atoms with Gasteiger partial charge >= 0.3 is 0 Å². The van der Waals surface area contributed by atoms with Crippen molar-refractivity contribution in [3.05, 3.63) is 12.2 Å². The minimum atomic E-state index is 0.361. The molecule has 2 heteroatoms. The zero-order valence-corrected chi connectivity index (χ0v) is 11.8. The van der Waals surface area contributed by atoms with E-state index in [2.05, 4.69) is 17.1 Å². The first-order chi connectivity index (χ1) is 9.33. The van der Waals surface area contributed by atoms with Crippen molar-refractivity contribution < 1.29 is 4.79 Å². The quantitative estimate of drug-likeness (QED) is 0.662. The standard InChI is InChI=1S/C17H25NO/c19-17(14-4-2-1-3-5-14)18-10-15-12-6-7-13(9-8-12)16(15)11-18/h6-7,12-16H,1-5,8-11H2. The first kappa shape index (κ1) is 12.0. The van der Waals surface area contributed by atoms with E-state index >= 15 is 0 Å². The number of hydrogen-bond donors (Lipinski definition) is 0. The van der Waals surface area contributed by atoms with E-state index in [0.29, 0.717) is 11.8 Å². The smallest absolute Gasteiger partial charge is 0.225 e.